The van der Waals surface area contributed by atoms with Crippen molar-refractivity contribution >= 4 is 5.97 Å². The molecular weight excluding hydrogens is 380 g/mol. The maximum Gasteiger partial charge on any atom is 0.309 e. The normalized spacial score (nSPS) is 53.8. The van der Waals surface area contributed by atoms with Gasteiger partial charge in [-0.25, -0.2) is 0 Å². The summed E-state index contributed by atoms with van der Waals surface area (Å²) in [5, 5.41) is 10.2. The molecule has 0 saturated heterocycles. The molecule has 0 heterocycles. The first-order chi connectivity index (χ1) is 14.4. The Morgan fingerprint density at radius 1 is 0.871 bits per heavy atom. The standard InChI is InChI=1S/C29H44O2/c1-19-9-7-13-25(2)17-18-28(5)20(23(19)25)10-11-22-26(3)14-8-15-27(4,24(30)31)21(26)12-16-29(22,28)6/h10-11,19,21,23H,7-9,12-18H2,1-6H3,(H,30,31)/t19?,21?,23?,25?,26?,27-,28+,29?/m0/s1. The second kappa shape index (κ2) is 6.51. The van der Waals surface area contributed by atoms with E-state index in [1.165, 1.54) is 32.1 Å². The molecular formula is C29H44O2. The molecule has 6 unspecified atom stereocenters. The summed E-state index contributed by atoms with van der Waals surface area (Å²) in [6.45, 7) is 14.7. The molecule has 4 saturated carbocycles. The fraction of sp³-hybridized carbons (Fsp3) is 0.828. The number of carbonyl (C=O) groups is 1. The summed E-state index contributed by atoms with van der Waals surface area (Å²) in [4.78, 5) is 12.4. The number of aliphatic carboxylic acids is 1. The van der Waals surface area contributed by atoms with Crippen LogP contribution in [0.3, 0.4) is 0 Å². The molecule has 0 aromatic carbocycles. The average molecular weight is 425 g/mol. The summed E-state index contributed by atoms with van der Waals surface area (Å²) in [7, 11) is 0. The first-order valence-electron chi connectivity index (χ1n) is 13.1. The predicted molar refractivity (Wildman–Crippen MR) is 127 cm³/mol. The van der Waals surface area contributed by atoms with E-state index in [1.54, 1.807) is 11.1 Å². The lowest BCUT2D eigenvalue weighted by Gasteiger charge is -2.68. The summed E-state index contributed by atoms with van der Waals surface area (Å²) in [5.41, 5.74) is 3.64. The minimum absolute atomic E-state index is 0.0162. The zero-order valence-electron chi connectivity index (χ0n) is 20.8. The van der Waals surface area contributed by atoms with Crippen LogP contribution in [0.15, 0.2) is 23.3 Å². The third kappa shape index (κ3) is 2.54. The highest BCUT2D eigenvalue weighted by atomic mass is 16.4. The van der Waals surface area contributed by atoms with Gasteiger partial charge in [0.1, 0.15) is 0 Å². The lowest BCUT2D eigenvalue weighted by Crippen LogP contribution is -2.60. The van der Waals surface area contributed by atoms with Crippen LogP contribution in [0.25, 0.3) is 0 Å². The Hall–Kier alpha value is -1.05. The van der Waals surface area contributed by atoms with E-state index in [0.29, 0.717) is 5.41 Å². The van der Waals surface area contributed by atoms with E-state index in [-0.39, 0.29) is 22.2 Å². The van der Waals surface area contributed by atoms with Crippen LogP contribution in [-0.4, -0.2) is 11.1 Å². The topological polar surface area (TPSA) is 37.3 Å². The summed E-state index contributed by atoms with van der Waals surface area (Å²) in [6, 6.07) is 0. The quantitative estimate of drug-likeness (QED) is 0.466. The van der Waals surface area contributed by atoms with Gasteiger partial charge in [-0.1, -0.05) is 77.2 Å². The minimum Gasteiger partial charge on any atom is -0.481 e. The third-order valence-electron chi connectivity index (χ3n) is 12.1. The molecule has 2 heteroatoms. The molecule has 5 aliphatic rings. The SMILES string of the molecule is CC1CCCC2(C)CC[C@]3(C)C(=CC=C4C5(C)CCC[C@](C)(C(=O)O)C5CCC43C)C12. The van der Waals surface area contributed by atoms with Crippen molar-refractivity contribution in [2.45, 2.75) is 106 Å². The van der Waals surface area contributed by atoms with Crippen molar-refractivity contribution in [3.63, 3.8) is 0 Å². The number of allylic oxidation sites excluding steroid dienone is 4. The monoisotopic (exact) mass is 424 g/mol. The summed E-state index contributed by atoms with van der Waals surface area (Å²) < 4.78 is 0. The van der Waals surface area contributed by atoms with Gasteiger partial charge in [0.05, 0.1) is 5.41 Å². The fourth-order valence-corrected chi connectivity index (χ4v) is 10.1. The summed E-state index contributed by atoms with van der Waals surface area (Å²) in [5.74, 6) is 1.18. The van der Waals surface area contributed by atoms with Crippen LogP contribution in [0.1, 0.15) is 106 Å². The predicted octanol–water partition coefficient (Wildman–Crippen LogP) is 7.79. The van der Waals surface area contributed by atoms with Crippen molar-refractivity contribution in [1.82, 2.24) is 0 Å². The molecule has 5 rings (SSSR count). The molecule has 0 aliphatic heterocycles. The van der Waals surface area contributed by atoms with Crippen LogP contribution in [-0.2, 0) is 4.79 Å². The number of carboxylic acids is 1. The van der Waals surface area contributed by atoms with Crippen molar-refractivity contribution in [3.8, 4) is 0 Å². The van der Waals surface area contributed by atoms with Crippen LogP contribution in [0, 0.1) is 44.8 Å². The van der Waals surface area contributed by atoms with E-state index in [9.17, 15) is 9.90 Å². The highest BCUT2D eigenvalue weighted by Crippen LogP contribution is 2.74. The van der Waals surface area contributed by atoms with E-state index >= 15 is 0 Å². The molecule has 4 fully saturated rings. The van der Waals surface area contributed by atoms with Gasteiger partial charge in [0, 0.05) is 0 Å². The first-order valence-corrected chi connectivity index (χ1v) is 13.1. The van der Waals surface area contributed by atoms with E-state index in [2.05, 4.69) is 46.8 Å². The van der Waals surface area contributed by atoms with Gasteiger partial charge in [0.15, 0.2) is 0 Å². The van der Waals surface area contributed by atoms with Crippen molar-refractivity contribution in [2.75, 3.05) is 0 Å². The molecule has 2 nitrogen and oxygen atoms in total. The maximum absolute atomic E-state index is 12.4. The van der Waals surface area contributed by atoms with E-state index < -0.39 is 11.4 Å². The first kappa shape index (κ1) is 21.8. The number of hydrogen-bond acceptors (Lipinski definition) is 1. The molecule has 0 amide bonds. The number of carboxylic acid groups (broad SMARTS) is 1. The Labute approximate surface area is 190 Å². The molecule has 0 aromatic rings. The zero-order valence-corrected chi connectivity index (χ0v) is 20.8. The van der Waals surface area contributed by atoms with Crippen LogP contribution >= 0.6 is 0 Å². The van der Waals surface area contributed by atoms with E-state index in [1.807, 2.05) is 6.92 Å². The smallest absolute Gasteiger partial charge is 0.309 e. The molecule has 0 bridgehead atoms. The number of hydrogen-bond donors (Lipinski definition) is 1. The lowest BCUT2D eigenvalue weighted by atomic mass is 9.36. The number of fused-ring (bicyclic) bond motifs is 7. The highest BCUT2D eigenvalue weighted by molar-refractivity contribution is 5.75. The Bertz CT molecular complexity index is 868. The van der Waals surface area contributed by atoms with Gasteiger partial charge in [-0.05, 0) is 91.3 Å². The molecule has 1 N–H and O–H groups in total. The van der Waals surface area contributed by atoms with Gasteiger partial charge in [0.2, 0.25) is 0 Å². The lowest BCUT2D eigenvalue weighted by molar-refractivity contribution is -0.163. The third-order valence-corrected chi connectivity index (χ3v) is 12.1. The van der Waals surface area contributed by atoms with Gasteiger partial charge in [-0.15, -0.1) is 0 Å². The van der Waals surface area contributed by atoms with Gasteiger partial charge < -0.3 is 5.11 Å². The minimum atomic E-state index is -0.580. The van der Waals surface area contributed by atoms with Gasteiger partial charge >= 0.3 is 5.97 Å². The van der Waals surface area contributed by atoms with Crippen molar-refractivity contribution in [3.05, 3.63) is 23.3 Å². The van der Waals surface area contributed by atoms with Gasteiger partial charge in [0.25, 0.3) is 0 Å². The summed E-state index contributed by atoms with van der Waals surface area (Å²) >= 11 is 0. The van der Waals surface area contributed by atoms with Crippen molar-refractivity contribution in [2.24, 2.45) is 44.8 Å². The van der Waals surface area contributed by atoms with Gasteiger partial charge in [-0.2, -0.15) is 0 Å². The molecule has 172 valence electrons. The van der Waals surface area contributed by atoms with E-state index in [4.69, 9.17) is 0 Å². The Morgan fingerprint density at radius 2 is 1.61 bits per heavy atom. The molecule has 8 atom stereocenters. The van der Waals surface area contributed by atoms with E-state index in [0.717, 1.165) is 43.9 Å². The average Bonchev–Trinajstić information content (AvgIpc) is 2.68. The Morgan fingerprint density at radius 3 is 2.32 bits per heavy atom. The molecule has 0 spiro atoms. The molecule has 0 aromatic heterocycles. The van der Waals surface area contributed by atoms with Gasteiger partial charge in [-0.3, -0.25) is 4.79 Å². The van der Waals surface area contributed by atoms with Crippen LogP contribution < -0.4 is 0 Å². The Balaban J connectivity index is 1.65. The molecule has 5 aliphatic carbocycles. The second-order valence-corrected chi connectivity index (χ2v) is 13.5. The van der Waals surface area contributed by atoms with Crippen molar-refractivity contribution in [1.29, 1.82) is 0 Å². The largest absolute Gasteiger partial charge is 0.481 e. The van der Waals surface area contributed by atoms with Crippen LogP contribution in [0.4, 0.5) is 0 Å². The summed E-state index contributed by atoms with van der Waals surface area (Å²) in [6.07, 6.45) is 17.1. The van der Waals surface area contributed by atoms with Crippen LogP contribution in [0.2, 0.25) is 0 Å². The highest BCUT2D eigenvalue weighted by Gasteiger charge is 2.66. The zero-order chi connectivity index (χ0) is 22.4. The van der Waals surface area contributed by atoms with Crippen LogP contribution in [0.5, 0.6) is 0 Å². The fourth-order valence-electron chi connectivity index (χ4n) is 10.1. The second-order valence-electron chi connectivity index (χ2n) is 13.5. The van der Waals surface area contributed by atoms with Crippen molar-refractivity contribution < 1.29 is 9.90 Å². The Kier molecular flexibility index (Phi) is 4.57. The molecule has 31 heavy (non-hydrogen) atoms. The number of rotatable bonds is 1. The molecule has 0 radical (unpaired) electrons. The maximum atomic E-state index is 12.4.